The van der Waals surface area contributed by atoms with E-state index in [1.165, 1.54) is 0 Å². The number of hydrogen-bond acceptors (Lipinski definition) is 4. The van der Waals surface area contributed by atoms with Crippen molar-refractivity contribution in [3.63, 3.8) is 0 Å². The van der Waals surface area contributed by atoms with E-state index in [4.69, 9.17) is 5.73 Å². The highest BCUT2D eigenvalue weighted by atomic mass is 16.1. The first-order valence-electron chi connectivity index (χ1n) is 6.12. The Labute approximate surface area is 111 Å². The fraction of sp³-hybridized carbons (Fsp3) is 0.308. The van der Waals surface area contributed by atoms with Gasteiger partial charge in [-0.15, -0.1) is 0 Å². The lowest BCUT2D eigenvalue weighted by molar-refractivity contribution is 0.102. The summed E-state index contributed by atoms with van der Waals surface area (Å²) in [6.45, 7) is 4.50. The fourth-order valence-electron chi connectivity index (χ4n) is 1.56. The third-order valence-corrected chi connectivity index (χ3v) is 2.75. The summed E-state index contributed by atoms with van der Waals surface area (Å²) in [5.41, 5.74) is 7.68. The van der Waals surface area contributed by atoms with Crippen molar-refractivity contribution < 1.29 is 4.79 Å². The molecule has 0 radical (unpaired) electrons. The van der Waals surface area contributed by atoms with Crippen molar-refractivity contribution in [2.45, 2.75) is 26.3 Å². The van der Waals surface area contributed by atoms with E-state index in [2.05, 4.69) is 20.5 Å². The number of aromatic nitrogens is 3. The van der Waals surface area contributed by atoms with Crippen LogP contribution >= 0.6 is 0 Å². The quantitative estimate of drug-likeness (QED) is 0.777. The van der Waals surface area contributed by atoms with Crippen LogP contribution in [0, 0.1) is 0 Å². The van der Waals surface area contributed by atoms with E-state index in [0.717, 1.165) is 11.3 Å². The van der Waals surface area contributed by atoms with Gasteiger partial charge in [0.15, 0.2) is 5.82 Å². The molecule has 19 heavy (non-hydrogen) atoms. The van der Waals surface area contributed by atoms with Crippen molar-refractivity contribution in [3.8, 4) is 0 Å². The number of H-pyrrole nitrogens is 1. The third-order valence-electron chi connectivity index (χ3n) is 2.75. The van der Waals surface area contributed by atoms with Gasteiger partial charge >= 0.3 is 0 Å². The van der Waals surface area contributed by atoms with E-state index in [1.807, 2.05) is 19.9 Å². The normalized spacial score (nSPS) is 10.7. The Morgan fingerprint density at radius 3 is 2.79 bits per heavy atom. The molecule has 0 unspecified atom stereocenters. The molecule has 2 rings (SSSR count). The van der Waals surface area contributed by atoms with Crippen LogP contribution in [0.2, 0.25) is 0 Å². The van der Waals surface area contributed by atoms with Crippen LogP contribution in [0.3, 0.4) is 0 Å². The molecule has 0 fully saturated rings. The van der Waals surface area contributed by atoms with Gasteiger partial charge in [-0.3, -0.25) is 14.9 Å². The SMILES string of the molecule is CC(C)c1cc(NC(=O)c2ccc(CN)cn2)n[nH]1. The molecule has 0 aliphatic carbocycles. The van der Waals surface area contributed by atoms with Gasteiger partial charge in [0.1, 0.15) is 5.69 Å². The van der Waals surface area contributed by atoms with Crippen LogP contribution < -0.4 is 11.1 Å². The summed E-state index contributed by atoms with van der Waals surface area (Å²) in [5.74, 6) is 0.545. The average Bonchev–Trinajstić information content (AvgIpc) is 2.87. The smallest absolute Gasteiger partial charge is 0.275 e. The summed E-state index contributed by atoms with van der Waals surface area (Å²) in [5, 5.41) is 9.61. The lowest BCUT2D eigenvalue weighted by atomic mass is 10.1. The van der Waals surface area contributed by atoms with Crippen LogP contribution in [-0.4, -0.2) is 21.1 Å². The Kier molecular flexibility index (Phi) is 3.91. The topological polar surface area (TPSA) is 96.7 Å². The van der Waals surface area contributed by atoms with Crippen LogP contribution in [0.4, 0.5) is 5.82 Å². The Morgan fingerprint density at radius 2 is 2.26 bits per heavy atom. The zero-order valence-corrected chi connectivity index (χ0v) is 11.0. The van der Waals surface area contributed by atoms with Gasteiger partial charge in [-0.1, -0.05) is 19.9 Å². The standard InChI is InChI=1S/C13H17N5O/c1-8(2)11-5-12(18-17-11)16-13(19)10-4-3-9(6-14)7-15-10/h3-5,7-8H,6,14H2,1-2H3,(H2,16,17,18,19). The molecule has 2 heterocycles. The second-order valence-corrected chi connectivity index (χ2v) is 4.57. The number of nitrogens with one attached hydrogen (secondary N) is 2. The maximum atomic E-state index is 11.9. The number of carbonyl (C=O) groups excluding carboxylic acids is 1. The van der Waals surface area contributed by atoms with Gasteiger partial charge < -0.3 is 11.1 Å². The second-order valence-electron chi connectivity index (χ2n) is 4.57. The first-order chi connectivity index (χ1) is 9.10. The van der Waals surface area contributed by atoms with Crippen molar-refractivity contribution in [3.05, 3.63) is 41.3 Å². The molecular weight excluding hydrogens is 242 g/mol. The van der Waals surface area contributed by atoms with Crippen LogP contribution in [0.5, 0.6) is 0 Å². The lowest BCUT2D eigenvalue weighted by Gasteiger charge is -2.02. The molecule has 0 spiro atoms. The molecule has 6 nitrogen and oxygen atoms in total. The van der Waals surface area contributed by atoms with E-state index in [-0.39, 0.29) is 5.91 Å². The highest BCUT2D eigenvalue weighted by molar-refractivity contribution is 6.02. The summed E-state index contributed by atoms with van der Waals surface area (Å²) in [7, 11) is 0. The molecule has 0 aliphatic heterocycles. The minimum atomic E-state index is -0.287. The number of nitrogens with zero attached hydrogens (tertiary/aromatic N) is 2. The molecule has 4 N–H and O–H groups in total. The zero-order chi connectivity index (χ0) is 13.8. The van der Waals surface area contributed by atoms with Gasteiger partial charge in [-0.2, -0.15) is 5.10 Å². The largest absolute Gasteiger partial charge is 0.326 e. The highest BCUT2D eigenvalue weighted by Gasteiger charge is 2.10. The number of pyridine rings is 1. The van der Waals surface area contributed by atoms with E-state index < -0.39 is 0 Å². The molecular formula is C13H17N5O. The van der Waals surface area contributed by atoms with Crippen LogP contribution in [0.15, 0.2) is 24.4 Å². The third kappa shape index (κ3) is 3.17. The van der Waals surface area contributed by atoms with Gasteiger partial charge in [0, 0.05) is 24.5 Å². The number of carbonyl (C=O) groups is 1. The Balaban J connectivity index is 2.06. The molecule has 1 amide bonds. The van der Waals surface area contributed by atoms with Crippen molar-refractivity contribution >= 4 is 11.7 Å². The molecule has 100 valence electrons. The molecule has 6 heteroatoms. The van der Waals surface area contributed by atoms with E-state index in [9.17, 15) is 4.79 Å². The predicted molar refractivity (Wildman–Crippen MR) is 72.8 cm³/mol. The number of anilines is 1. The van der Waals surface area contributed by atoms with E-state index in [1.54, 1.807) is 18.3 Å². The number of nitrogens with two attached hydrogens (primary N) is 1. The van der Waals surface area contributed by atoms with Crippen LogP contribution in [0.25, 0.3) is 0 Å². The summed E-state index contributed by atoms with van der Waals surface area (Å²) >= 11 is 0. The summed E-state index contributed by atoms with van der Waals surface area (Å²) < 4.78 is 0. The van der Waals surface area contributed by atoms with Gasteiger partial charge in [0.2, 0.25) is 0 Å². The van der Waals surface area contributed by atoms with Gasteiger partial charge in [0.25, 0.3) is 5.91 Å². The molecule has 0 aromatic carbocycles. The number of rotatable bonds is 4. The molecule has 0 bridgehead atoms. The summed E-state index contributed by atoms with van der Waals surface area (Å²) in [6.07, 6.45) is 1.60. The van der Waals surface area contributed by atoms with Crippen molar-refractivity contribution in [1.82, 2.24) is 15.2 Å². The molecule has 0 atom stereocenters. The molecule has 0 aliphatic rings. The summed E-state index contributed by atoms with van der Waals surface area (Å²) in [4.78, 5) is 16.0. The van der Waals surface area contributed by atoms with Crippen LogP contribution in [0.1, 0.15) is 41.5 Å². The second kappa shape index (κ2) is 5.62. The van der Waals surface area contributed by atoms with E-state index >= 15 is 0 Å². The first-order valence-corrected chi connectivity index (χ1v) is 6.12. The maximum Gasteiger partial charge on any atom is 0.275 e. The minimum Gasteiger partial charge on any atom is -0.326 e. The Morgan fingerprint density at radius 1 is 1.47 bits per heavy atom. The van der Waals surface area contributed by atoms with Gasteiger partial charge in [-0.05, 0) is 17.5 Å². The average molecular weight is 259 g/mol. The van der Waals surface area contributed by atoms with Gasteiger partial charge in [-0.25, -0.2) is 0 Å². The van der Waals surface area contributed by atoms with Crippen molar-refractivity contribution in [2.24, 2.45) is 5.73 Å². The summed E-state index contributed by atoms with van der Waals surface area (Å²) in [6, 6.07) is 5.25. The predicted octanol–water partition coefficient (Wildman–Crippen LogP) is 1.64. The monoisotopic (exact) mass is 259 g/mol. The van der Waals surface area contributed by atoms with E-state index in [0.29, 0.717) is 24.0 Å². The molecule has 2 aromatic heterocycles. The first kappa shape index (κ1) is 13.2. The molecule has 0 saturated carbocycles. The Hall–Kier alpha value is -2.21. The Bertz CT molecular complexity index is 559. The maximum absolute atomic E-state index is 11.9. The van der Waals surface area contributed by atoms with Gasteiger partial charge in [0.05, 0.1) is 0 Å². The zero-order valence-electron chi connectivity index (χ0n) is 11.0. The minimum absolute atomic E-state index is 0.287. The number of aromatic amines is 1. The number of hydrogen-bond donors (Lipinski definition) is 3. The number of amides is 1. The van der Waals surface area contributed by atoms with Crippen LogP contribution in [-0.2, 0) is 6.54 Å². The fourth-order valence-corrected chi connectivity index (χ4v) is 1.56. The molecule has 0 saturated heterocycles. The highest BCUT2D eigenvalue weighted by Crippen LogP contribution is 2.15. The van der Waals surface area contributed by atoms with Crippen molar-refractivity contribution in [2.75, 3.05) is 5.32 Å². The molecule has 2 aromatic rings. The lowest BCUT2D eigenvalue weighted by Crippen LogP contribution is -2.14. The van der Waals surface area contributed by atoms with Crippen molar-refractivity contribution in [1.29, 1.82) is 0 Å².